The molecule has 21 heavy (non-hydrogen) atoms. The fourth-order valence-electron chi connectivity index (χ4n) is 2.32. The number of hydrogen-bond donors (Lipinski definition) is 1. The molecule has 0 amide bonds. The second-order valence-electron chi connectivity index (χ2n) is 5.00. The zero-order chi connectivity index (χ0) is 15.6. The molecule has 0 aliphatic heterocycles. The predicted octanol–water partition coefficient (Wildman–Crippen LogP) is 4.70. The molecule has 0 aliphatic rings. The Morgan fingerprint density at radius 1 is 1.33 bits per heavy atom. The van der Waals surface area contributed by atoms with Crippen LogP contribution in [-0.2, 0) is 12.0 Å². The largest absolute Gasteiger partial charge is 0.496 e. The average Bonchev–Trinajstić information content (AvgIpc) is 2.41. The van der Waals surface area contributed by atoms with Crippen LogP contribution < -0.4 is 4.74 Å². The molecule has 2 aromatic carbocycles. The fourth-order valence-corrected chi connectivity index (χ4v) is 3.06. The summed E-state index contributed by atoms with van der Waals surface area (Å²) in [6.45, 7) is 1.55. The first-order valence-electron chi connectivity index (χ1n) is 6.34. The van der Waals surface area contributed by atoms with Gasteiger partial charge in [-0.1, -0.05) is 39.7 Å². The molecule has 0 heterocycles. The van der Waals surface area contributed by atoms with E-state index in [-0.39, 0.29) is 12.0 Å². The van der Waals surface area contributed by atoms with Gasteiger partial charge < -0.3 is 9.84 Å². The first-order valence-corrected chi connectivity index (χ1v) is 7.51. The van der Waals surface area contributed by atoms with Gasteiger partial charge in [0.1, 0.15) is 11.6 Å². The smallest absolute Gasteiger partial charge is 0.133 e. The lowest BCUT2D eigenvalue weighted by Gasteiger charge is -2.26. The minimum atomic E-state index is -1.44. The Kier molecular flexibility index (Phi) is 4.91. The highest BCUT2D eigenvalue weighted by molar-refractivity contribution is 9.10. The zero-order valence-corrected chi connectivity index (χ0v) is 14.0. The highest BCUT2D eigenvalue weighted by atomic mass is 79.9. The zero-order valence-electron chi connectivity index (χ0n) is 11.7. The molecule has 0 bridgehead atoms. The molecule has 2 rings (SSSR count). The van der Waals surface area contributed by atoms with Crippen LogP contribution in [0, 0.1) is 5.82 Å². The fraction of sp³-hybridized carbons (Fsp3) is 0.250. The predicted molar refractivity (Wildman–Crippen MR) is 85.4 cm³/mol. The van der Waals surface area contributed by atoms with Crippen LogP contribution in [0.3, 0.4) is 0 Å². The van der Waals surface area contributed by atoms with Gasteiger partial charge in [0.05, 0.1) is 18.3 Å². The van der Waals surface area contributed by atoms with Gasteiger partial charge in [0, 0.05) is 15.9 Å². The van der Waals surface area contributed by atoms with Gasteiger partial charge in [-0.3, -0.25) is 0 Å². The summed E-state index contributed by atoms with van der Waals surface area (Å²) < 4.78 is 20.1. The van der Waals surface area contributed by atoms with Crippen molar-refractivity contribution in [1.29, 1.82) is 0 Å². The average molecular weight is 374 g/mol. The molecule has 1 atom stereocenters. The number of hydrogen-bond acceptors (Lipinski definition) is 2. The van der Waals surface area contributed by atoms with E-state index in [4.69, 9.17) is 16.3 Å². The maximum absolute atomic E-state index is 14.1. The van der Waals surface area contributed by atoms with E-state index in [9.17, 15) is 9.50 Å². The number of methoxy groups -OCH3 is 1. The third-order valence-electron chi connectivity index (χ3n) is 3.28. The van der Waals surface area contributed by atoms with E-state index >= 15 is 0 Å². The van der Waals surface area contributed by atoms with Crippen molar-refractivity contribution >= 4 is 27.5 Å². The summed E-state index contributed by atoms with van der Waals surface area (Å²) >= 11 is 9.50. The monoisotopic (exact) mass is 372 g/mol. The third kappa shape index (κ3) is 3.57. The number of benzene rings is 2. The van der Waals surface area contributed by atoms with Gasteiger partial charge in [0.2, 0.25) is 0 Å². The summed E-state index contributed by atoms with van der Waals surface area (Å²) in [6.07, 6.45) is 0.177. The van der Waals surface area contributed by atoms with Crippen LogP contribution in [0.2, 0.25) is 5.02 Å². The summed E-state index contributed by atoms with van der Waals surface area (Å²) in [5.74, 6) is -0.194. The molecule has 0 aromatic heterocycles. The Morgan fingerprint density at radius 3 is 2.67 bits per heavy atom. The molecule has 0 radical (unpaired) electrons. The Hall–Kier alpha value is -1.10. The molecule has 0 fully saturated rings. The molecule has 1 unspecified atom stereocenters. The number of ether oxygens (including phenoxy) is 1. The van der Waals surface area contributed by atoms with Crippen LogP contribution in [-0.4, -0.2) is 12.2 Å². The van der Waals surface area contributed by atoms with Crippen molar-refractivity contribution in [2.45, 2.75) is 18.9 Å². The number of halogens is 3. The van der Waals surface area contributed by atoms with Crippen LogP contribution in [0.25, 0.3) is 0 Å². The molecule has 1 N–H and O–H groups in total. The summed E-state index contributed by atoms with van der Waals surface area (Å²) in [5.41, 5.74) is -0.574. The van der Waals surface area contributed by atoms with Crippen LogP contribution in [0.4, 0.5) is 4.39 Å². The lowest BCUT2D eigenvalue weighted by atomic mass is 9.88. The van der Waals surface area contributed by atoms with Gasteiger partial charge in [0.25, 0.3) is 0 Å². The summed E-state index contributed by atoms with van der Waals surface area (Å²) in [6, 6.07) is 9.83. The van der Waals surface area contributed by atoms with Crippen molar-refractivity contribution in [1.82, 2.24) is 0 Å². The minimum absolute atomic E-state index is 0.131. The van der Waals surface area contributed by atoms with E-state index in [1.54, 1.807) is 31.2 Å². The van der Waals surface area contributed by atoms with E-state index in [0.717, 1.165) is 10.0 Å². The van der Waals surface area contributed by atoms with Crippen molar-refractivity contribution in [3.63, 3.8) is 0 Å². The van der Waals surface area contributed by atoms with Crippen LogP contribution in [0.5, 0.6) is 5.75 Å². The molecule has 0 aliphatic carbocycles. The van der Waals surface area contributed by atoms with Gasteiger partial charge in [-0.25, -0.2) is 4.39 Å². The molecular formula is C16H15BrClFO2. The van der Waals surface area contributed by atoms with Crippen LogP contribution in [0.1, 0.15) is 18.1 Å². The van der Waals surface area contributed by atoms with Gasteiger partial charge in [-0.05, 0) is 36.8 Å². The maximum Gasteiger partial charge on any atom is 0.133 e. The van der Waals surface area contributed by atoms with E-state index in [0.29, 0.717) is 10.8 Å². The molecule has 0 saturated carbocycles. The van der Waals surface area contributed by atoms with Gasteiger partial charge >= 0.3 is 0 Å². The summed E-state index contributed by atoms with van der Waals surface area (Å²) in [4.78, 5) is 0. The lowest BCUT2D eigenvalue weighted by molar-refractivity contribution is 0.0510. The molecule has 5 heteroatoms. The van der Waals surface area contributed by atoms with E-state index in [2.05, 4.69) is 15.9 Å². The Balaban J connectivity index is 2.43. The van der Waals surface area contributed by atoms with Crippen molar-refractivity contribution in [3.05, 3.63) is 62.8 Å². The topological polar surface area (TPSA) is 29.5 Å². The minimum Gasteiger partial charge on any atom is -0.496 e. The summed E-state index contributed by atoms with van der Waals surface area (Å²) in [7, 11) is 1.45. The molecular weight excluding hydrogens is 359 g/mol. The first-order chi connectivity index (χ1) is 9.85. The number of rotatable bonds is 4. The number of aliphatic hydroxyl groups is 1. The van der Waals surface area contributed by atoms with E-state index in [1.807, 2.05) is 6.07 Å². The van der Waals surface area contributed by atoms with E-state index < -0.39 is 11.4 Å². The second-order valence-corrected chi connectivity index (χ2v) is 6.33. The molecule has 0 saturated heterocycles. The highest BCUT2D eigenvalue weighted by Crippen LogP contribution is 2.36. The SMILES string of the molecule is COc1cccc(F)c1C(C)(O)Cc1ccc(Br)cc1Cl. The molecule has 0 spiro atoms. The van der Waals surface area contributed by atoms with Crippen molar-refractivity contribution < 1.29 is 14.2 Å². The van der Waals surface area contributed by atoms with Gasteiger partial charge in [-0.2, -0.15) is 0 Å². The Labute approximate surface area is 136 Å². The third-order valence-corrected chi connectivity index (χ3v) is 4.13. The lowest BCUT2D eigenvalue weighted by Crippen LogP contribution is -2.26. The van der Waals surface area contributed by atoms with E-state index in [1.165, 1.54) is 13.2 Å². The quantitative estimate of drug-likeness (QED) is 0.842. The molecule has 112 valence electrons. The highest BCUT2D eigenvalue weighted by Gasteiger charge is 2.31. The normalized spacial score (nSPS) is 13.8. The first kappa shape index (κ1) is 16.3. The second kappa shape index (κ2) is 6.34. The van der Waals surface area contributed by atoms with Crippen molar-refractivity contribution in [3.8, 4) is 5.75 Å². The molecule has 2 nitrogen and oxygen atoms in total. The standard InChI is InChI=1S/C16H15BrClFO2/c1-16(20,9-10-6-7-11(17)8-12(10)18)15-13(19)4-3-5-14(15)21-2/h3-8,20H,9H2,1-2H3. The van der Waals surface area contributed by atoms with Gasteiger partial charge in [0.15, 0.2) is 0 Å². The Bertz CT molecular complexity index is 659. The van der Waals surface area contributed by atoms with Crippen LogP contribution in [0.15, 0.2) is 40.9 Å². The maximum atomic E-state index is 14.1. The van der Waals surface area contributed by atoms with Crippen LogP contribution >= 0.6 is 27.5 Å². The van der Waals surface area contributed by atoms with Crippen molar-refractivity contribution in [2.75, 3.05) is 7.11 Å². The van der Waals surface area contributed by atoms with Crippen molar-refractivity contribution in [2.24, 2.45) is 0 Å². The van der Waals surface area contributed by atoms with Gasteiger partial charge in [-0.15, -0.1) is 0 Å². The molecule has 2 aromatic rings. The summed E-state index contributed by atoms with van der Waals surface area (Å²) in [5, 5.41) is 11.2. The Morgan fingerprint density at radius 2 is 2.05 bits per heavy atom.